The van der Waals surface area contributed by atoms with Gasteiger partial charge in [-0.3, -0.25) is 0 Å². The average molecular weight is 249 g/mol. The number of aromatic nitrogens is 2. The van der Waals surface area contributed by atoms with E-state index in [-0.39, 0.29) is 0 Å². The van der Waals surface area contributed by atoms with Gasteiger partial charge in [-0.15, -0.1) is 0 Å². The van der Waals surface area contributed by atoms with Gasteiger partial charge in [-0.25, -0.2) is 9.97 Å². The van der Waals surface area contributed by atoms with Crippen LogP contribution in [0.4, 0.5) is 5.82 Å². The summed E-state index contributed by atoms with van der Waals surface area (Å²) in [5.74, 6) is 2.18. The fraction of sp³-hybridized carbons (Fsp3) is 0.714. The molecule has 0 aromatic carbocycles. The number of aryl methyl sites for hydroxylation is 2. The number of aliphatic hydroxyl groups is 1. The molecule has 1 saturated heterocycles. The zero-order valence-corrected chi connectivity index (χ0v) is 11.8. The van der Waals surface area contributed by atoms with Crippen molar-refractivity contribution in [2.75, 3.05) is 18.0 Å². The van der Waals surface area contributed by atoms with Crippen LogP contribution in [0.5, 0.6) is 0 Å². The predicted octanol–water partition coefficient (Wildman–Crippen LogP) is 1.94. The van der Waals surface area contributed by atoms with E-state index in [0.717, 1.165) is 37.6 Å². The number of nitrogens with zero attached hydrogens (tertiary/aromatic N) is 3. The highest BCUT2D eigenvalue weighted by Crippen LogP contribution is 2.31. The van der Waals surface area contributed by atoms with E-state index in [1.165, 1.54) is 5.56 Å². The van der Waals surface area contributed by atoms with E-state index in [1.54, 1.807) is 0 Å². The molecule has 0 bridgehead atoms. The Hall–Kier alpha value is -1.16. The fourth-order valence-electron chi connectivity index (χ4n) is 2.54. The molecular formula is C14H23N3O. The lowest BCUT2D eigenvalue weighted by Crippen LogP contribution is -2.33. The Bertz CT molecular complexity index is 426. The maximum atomic E-state index is 10.1. The lowest BCUT2D eigenvalue weighted by atomic mass is 9.90. The monoisotopic (exact) mass is 249 g/mol. The van der Waals surface area contributed by atoms with E-state index in [9.17, 15) is 5.11 Å². The van der Waals surface area contributed by atoms with Crippen molar-refractivity contribution in [2.24, 2.45) is 5.92 Å². The van der Waals surface area contributed by atoms with E-state index in [0.29, 0.717) is 5.92 Å². The highest BCUT2D eigenvalue weighted by molar-refractivity contribution is 5.47. The molecule has 0 saturated carbocycles. The van der Waals surface area contributed by atoms with Crippen molar-refractivity contribution in [3.05, 3.63) is 17.6 Å². The normalized spacial score (nSPS) is 20.5. The van der Waals surface area contributed by atoms with Crippen LogP contribution < -0.4 is 4.90 Å². The lowest BCUT2D eigenvalue weighted by molar-refractivity contribution is 0.0263. The second-order valence-corrected chi connectivity index (χ2v) is 5.70. The van der Waals surface area contributed by atoms with Gasteiger partial charge in [0.25, 0.3) is 0 Å². The summed E-state index contributed by atoms with van der Waals surface area (Å²) in [7, 11) is 0. The molecule has 0 aliphatic carbocycles. The SMILES string of the molecule is CCc1cnc(C)nc1N1CC[C@H](C(C)(C)O)C1. The molecule has 1 fully saturated rings. The third-order valence-electron chi connectivity index (χ3n) is 3.83. The zero-order valence-electron chi connectivity index (χ0n) is 11.8. The maximum Gasteiger partial charge on any atom is 0.135 e. The van der Waals surface area contributed by atoms with Crippen molar-refractivity contribution in [3.8, 4) is 0 Å². The summed E-state index contributed by atoms with van der Waals surface area (Å²) in [5.41, 5.74) is 0.584. The molecule has 1 aromatic rings. The molecule has 0 unspecified atom stereocenters. The zero-order chi connectivity index (χ0) is 13.3. The molecule has 2 heterocycles. The fourth-order valence-corrected chi connectivity index (χ4v) is 2.54. The first kappa shape index (κ1) is 13.3. The number of hydrogen-bond acceptors (Lipinski definition) is 4. The Morgan fingerprint density at radius 3 is 2.78 bits per heavy atom. The third kappa shape index (κ3) is 2.64. The highest BCUT2D eigenvalue weighted by atomic mass is 16.3. The molecule has 0 amide bonds. The maximum absolute atomic E-state index is 10.1. The molecule has 18 heavy (non-hydrogen) atoms. The molecule has 2 rings (SSSR count). The van der Waals surface area contributed by atoms with Crippen LogP contribution in [0.25, 0.3) is 0 Å². The first-order chi connectivity index (χ1) is 8.41. The van der Waals surface area contributed by atoms with E-state index in [2.05, 4.69) is 21.8 Å². The summed E-state index contributed by atoms with van der Waals surface area (Å²) in [6.07, 6.45) is 3.89. The van der Waals surface area contributed by atoms with E-state index in [4.69, 9.17) is 0 Å². The van der Waals surface area contributed by atoms with Crippen molar-refractivity contribution in [1.82, 2.24) is 9.97 Å². The molecule has 1 N–H and O–H groups in total. The summed E-state index contributed by atoms with van der Waals surface area (Å²) in [6, 6.07) is 0. The molecule has 4 heteroatoms. The molecule has 1 aliphatic heterocycles. The highest BCUT2D eigenvalue weighted by Gasteiger charge is 2.34. The van der Waals surface area contributed by atoms with Crippen molar-refractivity contribution in [3.63, 3.8) is 0 Å². The molecule has 0 radical (unpaired) electrons. The minimum absolute atomic E-state index is 0.317. The molecule has 4 nitrogen and oxygen atoms in total. The Morgan fingerprint density at radius 2 is 2.22 bits per heavy atom. The number of hydrogen-bond donors (Lipinski definition) is 1. The largest absolute Gasteiger partial charge is 0.390 e. The first-order valence-electron chi connectivity index (χ1n) is 6.71. The van der Waals surface area contributed by atoms with Crippen LogP contribution in [0.2, 0.25) is 0 Å². The van der Waals surface area contributed by atoms with Crippen LogP contribution in [0.15, 0.2) is 6.20 Å². The Morgan fingerprint density at radius 1 is 1.50 bits per heavy atom. The van der Waals surface area contributed by atoms with Gasteiger partial charge in [0.1, 0.15) is 11.6 Å². The minimum atomic E-state index is -0.608. The van der Waals surface area contributed by atoms with Crippen LogP contribution in [-0.4, -0.2) is 33.8 Å². The van der Waals surface area contributed by atoms with Gasteiger partial charge in [-0.2, -0.15) is 0 Å². The van der Waals surface area contributed by atoms with Gasteiger partial charge < -0.3 is 10.0 Å². The second-order valence-electron chi connectivity index (χ2n) is 5.70. The molecule has 1 aliphatic rings. The summed E-state index contributed by atoms with van der Waals surface area (Å²) in [5, 5.41) is 10.1. The van der Waals surface area contributed by atoms with E-state index < -0.39 is 5.60 Å². The Kier molecular flexibility index (Phi) is 3.57. The van der Waals surface area contributed by atoms with Gasteiger partial charge in [0, 0.05) is 30.8 Å². The van der Waals surface area contributed by atoms with Crippen molar-refractivity contribution in [2.45, 2.75) is 46.1 Å². The van der Waals surface area contributed by atoms with E-state index >= 15 is 0 Å². The Labute approximate surface area is 109 Å². The quantitative estimate of drug-likeness (QED) is 0.889. The molecule has 0 spiro atoms. The average Bonchev–Trinajstić information content (AvgIpc) is 2.77. The van der Waals surface area contributed by atoms with Gasteiger partial charge in [0.2, 0.25) is 0 Å². The number of rotatable bonds is 3. The van der Waals surface area contributed by atoms with Gasteiger partial charge >= 0.3 is 0 Å². The predicted molar refractivity (Wildman–Crippen MR) is 72.8 cm³/mol. The smallest absolute Gasteiger partial charge is 0.135 e. The standard InChI is InChI=1S/C14H23N3O/c1-5-11-8-15-10(2)16-13(11)17-7-6-12(9-17)14(3,4)18/h8,12,18H,5-7,9H2,1-4H3/t12-/m0/s1. The topological polar surface area (TPSA) is 49.2 Å². The summed E-state index contributed by atoms with van der Waals surface area (Å²) in [6.45, 7) is 9.69. The van der Waals surface area contributed by atoms with Crippen LogP contribution in [-0.2, 0) is 6.42 Å². The van der Waals surface area contributed by atoms with Gasteiger partial charge in [-0.1, -0.05) is 6.92 Å². The minimum Gasteiger partial charge on any atom is -0.390 e. The van der Waals surface area contributed by atoms with Crippen LogP contribution in [0.3, 0.4) is 0 Å². The summed E-state index contributed by atoms with van der Waals surface area (Å²) < 4.78 is 0. The molecule has 1 atom stereocenters. The van der Waals surface area contributed by atoms with Crippen LogP contribution in [0, 0.1) is 12.8 Å². The number of anilines is 1. The van der Waals surface area contributed by atoms with Gasteiger partial charge in [0.05, 0.1) is 5.60 Å². The van der Waals surface area contributed by atoms with Crippen molar-refractivity contribution >= 4 is 5.82 Å². The third-order valence-corrected chi connectivity index (χ3v) is 3.83. The molecular weight excluding hydrogens is 226 g/mol. The Balaban J connectivity index is 2.21. The van der Waals surface area contributed by atoms with Crippen molar-refractivity contribution in [1.29, 1.82) is 0 Å². The van der Waals surface area contributed by atoms with Gasteiger partial charge in [-0.05, 0) is 33.6 Å². The lowest BCUT2D eigenvalue weighted by Gasteiger charge is -2.26. The first-order valence-corrected chi connectivity index (χ1v) is 6.71. The summed E-state index contributed by atoms with van der Waals surface area (Å²) in [4.78, 5) is 11.1. The second kappa shape index (κ2) is 4.84. The molecule has 1 aromatic heterocycles. The van der Waals surface area contributed by atoms with Crippen molar-refractivity contribution < 1.29 is 5.11 Å². The van der Waals surface area contributed by atoms with Crippen LogP contribution in [0.1, 0.15) is 38.6 Å². The van der Waals surface area contributed by atoms with Gasteiger partial charge in [0.15, 0.2) is 0 Å². The summed E-state index contributed by atoms with van der Waals surface area (Å²) >= 11 is 0. The van der Waals surface area contributed by atoms with Crippen LogP contribution >= 0.6 is 0 Å². The van der Waals surface area contributed by atoms with E-state index in [1.807, 2.05) is 27.0 Å². The molecule has 100 valence electrons.